The third-order valence-corrected chi connectivity index (χ3v) is 5.35. The minimum Gasteiger partial charge on any atom is -0.354 e. The highest BCUT2D eigenvalue weighted by Crippen LogP contribution is 2.22. The second-order valence-electron chi connectivity index (χ2n) is 7.37. The first-order valence-corrected chi connectivity index (χ1v) is 10.1. The number of carbonyl (C=O) groups excluding carboxylic acids is 3. The lowest BCUT2D eigenvalue weighted by atomic mass is 10.1. The molecule has 3 amide bonds. The fourth-order valence-corrected chi connectivity index (χ4v) is 3.52. The Morgan fingerprint density at radius 1 is 1.24 bits per heavy atom. The molecule has 3 rings (SSSR count). The van der Waals surface area contributed by atoms with Gasteiger partial charge in [-0.2, -0.15) is 0 Å². The van der Waals surface area contributed by atoms with Crippen LogP contribution in [-0.2, 0) is 20.8 Å². The summed E-state index contributed by atoms with van der Waals surface area (Å²) < 4.78 is 0. The Balaban J connectivity index is 1.61. The highest BCUT2D eigenvalue weighted by atomic mass is 16.2. The number of fused-ring (bicyclic) bond motifs is 1. The van der Waals surface area contributed by atoms with Gasteiger partial charge in [0.05, 0.1) is 6.04 Å². The lowest BCUT2D eigenvalue weighted by Gasteiger charge is -2.32. The molecule has 1 aromatic carbocycles. The fraction of sp³-hybridized carbons (Fsp3) is 0.476. The van der Waals surface area contributed by atoms with Gasteiger partial charge in [-0.05, 0) is 44.9 Å². The summed E-state index contributed by atoms with van der Waals surface area (Å²) in [5.41, 5.74) is 1.14. The summed E-state index contributed by atoms with van der Waals surface area (Å²) in [6, 6.07) is 8.19. The van der Waals surface area contributed by atoms with E-state index < -0.39 is 18.1 Å². The molecule has 0 aromatic heterocycles. The maximum atomic E-state index is 13.1. The Hall–Kier alpha value is -2.87. The van der Waals surface area contributed by atoms with E-state index in [1.165, 1.54) is 5.01 Å². The number of rotatable bonds is 7. The minimum absolute atomic E-state index is 0.219. The van der Waals surface area contributed by atoms with E-state index in [0.29, 0.717) is 19.5 Å². The molecule has 0 bridgehead atoms. The van der Waals surface area contributed by atoms with Crippen molar-refractivity contribution >= 4 is 17.7 Å². The van der Waals surface area contributed by atoms with E-state index in [4.69, 9.17) is 0 Å². The van der Waals surface area contributed by atoms with E-state index in [9.17, 15) is 14.4 Å². The highest BCUT2D eigenvalue weighted by molar-refractivity contribution is 5.94. The van der Waals surface area contributed by atoms with Crippen molar-refractivity contribution in [3.05, 3.63) is 48.2 Å². The molecule has 1 fully saturated rings. The maximum Gasteiger partial charge on any atom is 0.264 e. The first-order chi connectivity index (χ1) is 14.0. The van der Waals surface area contributed by atoms with E-state index in [1.807, 2.05) is 30.3 Å². The van der Waals surface area contributed by atoms with Gasteiger partial charge >= 0.3 is 0 Å². The summed E-state index contributed by atoms with van der Waals surface area (Å²) in [7, 11) is 1.70. The predicted molar refractivity (Wildman–Crippen MR) is 109 cm³/mol. The molecule has 3 N–H and O–H groups in total. The number of carbonyl (C=O) groups is 3. The van der Waals surface area contributed by atoms with Crippen LogP contribution in [0.4, 0.5) is 0 Å². The number of hydrogen-bond donors (Lipinski definition) is 3. The number of benzene rings is 1. The molecule has 3 atom stereocenters. The van der Waals surface area contributed by atoms with Crippen molar-refractivity contribution in [2.45, 2.75) is 44.3 Å². The van der Waals surface area contributed by atoms with Gasteiger partial charge in [0.25, 0.3) is 5.91 Å². The quantitative estimate of drug-likeness (QED) is 0.608. The van der Waals surface area contributed by atoms with Gasteiger partial charge in [-0.25, -0.2) is 5.01 Å². The number of amides is 3. The summed E-state index contributed by atoms with van der Waals surface area (Å²) in [6.07, 6.45) is 5.52. The molecule has 0 aliphatic carbocycles. The fourth-order valence-electron chi connectivity index (χ4n) is 3.52. The zero-order chi connectivity index (χ0) is 20.8. The average Bonchev–Trinajstić information content (AvgIpc) is 3.10. The van der Waals surface area contributed by atoms with Crippen LogP contribution >= 0.6 is 0 Å². The maximum absolute atomic E-state index is 13.1. The Labute approximate surface area is 171 Å². The highest BCUT2D eigenvalue weighted by Gasteiger charge is 2.41. The number of nitrogens with zero attached hydrogens (tertiary/aromatic N) is 2. The third-order valence-electron chi connectivity index (χ3n) is 5.35. The molecule has 1 aromatic rings. The van der Waals surface area contributed by atoms with Crippen molar-refractivity contribution in [2.75, 3.05) is 20.1 Å². The van der Waals surface area contributed by atoms with Crippen molar-refractivity contribution in [3.8, 4) is 0 Å². The molecule has 2 aliphatic heterocycles. The molecule has 8 heteroatoms. The first-order valence-electron chi connectivity index (χ1n) is 10.1. The third kappa shape index (κ3) is 4.95. The topological polar surface area (TPSA) is 93.8 Å². The van der Waals surface area contributed by atoms with Gasteiger partial charge in [0.15, 0.2) is 6.04 Å². The van der Waals surface area contributed by atoms with Crippen molar-refractivity contribution in [3.63, 3.8) is 0 Å². The molecule has 8 nitrogen and oxygen atoms in total. The average molecular weight is 399 g/mol. The number of nitrogens with one attached hydrogen (secondary N) is 3. The lowest BCUT2D eigenvalue weighted by molar-refractivity contribution is -0.152. The SMILES string of the molecule is CN[C@@H](C)C(=O)N[C@H]1CCCN2C=C[C@@H](C(=O)NCCc3ccccc3)N2C1=O. The van der Waals surface area contributed by atoms with E-state index in [0.717, 1.165) is 18.4 Å². The van der Waals surface area contributed by atoms with Gasteiger partial charge in [-0.3, -0.25) is 19.4 Å². The van der Waals surface area contributed by atoms with Crippen LogP contribution in [0.3, 0.4) is 0 Å². The smallest absolute Gasteiger partial charge is 0.264 e. The predicted octanol–water partition coefficient (Wildman–Crippen LogP) is 0.173. The molecule has 0 spiro atoms. The van der Waals surface area contributed by atoms with Gasteiger partial charge in [-0.15, -0.1) is 0 Å². The summed E-state index contributed by atoms with van der Waals surface area (Å²) in [6.45, 7) is 2.86. The molecule has 2 heterocycles. The largest absolute Gasteiger partial charge is 0.354 e. The minimum atomic E-state index is -0.697. The molecule has 0 radical (unpaired) electrons. The molecular weight excluding hydrogens is 370 g/mol. The first kappa shape index (κ1) is 20.9. The monoisotopic (exact) mass is 399 g/mol. The van der Waals surface area contributed by atoms with Gasteiger partial charge in [0.1, 0.15) is 6.04 Å². The molecule has 0 saturated carbocycles. The molecule has 1 saturated heterocycles. The molecule has 2 aliphatic rings. The number of hydrazine groups is 1. The van der Waals surface area contributed by atoms with E-state index >= 15 is 0 Å². The van der Waals surface area contributed by atoms with Crippen molar-refractivity contribution in [1.29, 1.82) is 0 Å². The second-order valence-corrected chi connectivity index (χ2v) is 7.37. The van der Waals surface area contributed by atoms with Gasteiger partial charge in [0.2, 0.25) is 11.8 Å². The van der Waals surface area contributed by atoms with Crippen LogP contribution in [0.5, 0.6) is 0 Å². The summed E-state index contributed by atoms with van der Waals surface area (Å²) in [4.78, 5) is 38.1. The van der Waals surface area contributed by atoms with Crippen LogP contribution in [0.2, 0.25) is 0 Å². The lowest BCUT2D eigenvalue weighted by Crippen LogP contribution is -2.57. The van der Waals surface area contributed by atoms with E-state index in [1.54, 1.807) is 31.3 Å². The Kier molecular flexibility index (Phi) is 6.87. The molecular formula is C21H29N5O3. The van der Waals surface area contributed by atoms with Crippen LogP contribution in [0.1, 0.15) is 25.3 Å². The van der Waals surface area contributed by atoms with Gasteiger partial charge in [-0.1, -0.05) is 30.3 Å². The number of likely N-dealkylation sites (N-methyl/N-ethyl adjacent to an activating group) is 1. The number of hydrogen-bond acceptors (Lipinski definition) is 5. The zero-order valence-electron chi connectivity index (χ0n) is 16.9. The summed E-state index contributed by atoms with van der Waals surface area (Å²) >= 11 is 0. The van der Waals surface area contributed by atoms with E-state index in [2.05, 4.69) is 16.0 Å². The van der Waals surface area contributed by atoms with Crippen molar-refractivity contribution in [2.24, 2.45) is 0 Å². The normalized spacial score (nSPS) is 22.1. The second kappa shape index (κ2) is 9.56. The Bertz CT molecular complexity index is 767. The van der Waals surface area contributed by atoms with Crippen LogP contribution < -0.4 is 16.0 Å². The molecule has 156 valence electrons. The molecule has 0 unspecified atom stereocenters. The van der Waals surface area contributed by atoms with E-state index in [-0.39, 0.29) is 17.7 Å². The summed E-state index contributed by atoms with van der Waals surface area (Å²) in [5, 5.41) is 11.9. The van der Waals surface area contributed by atoms with Crippen LogP contribution in [-0.4, -0.2) is 66.0 Å². The standard InChI is InChI=1S/C21H29N5O3/c1-15(22-2)19(27)24-17-9-6-13-25-14-11-18(26(25)21(17)29)20(28)23-12-10-16-7-4-3-5-8-16/h3-5,7-8,11,14-15,17-18,22H,6,9-10,12-13H2,1-2H3,(H,23,28)(H,24,27)/t15-,17-,18-/m0/s1. The Morgan fingerprint density at radius 2 is 2.00 bits per heavy atom. The Morgan fingerprint density at radius 3 is 2.72 bits per heavy atom. The van der Waals surface area contributed by atoms with Crippen molar-refractivity contribution < 1.29 is 14.4 Å². The van der Waals surface area contributed by atoms with Crippen molar-refractivity contribution in [1.82, 2.24) is 26.0 Å². The van der Waals surface area contributed by atoms with Crippen LogP contribution in [0.15, 0.2) is 42.6 Å². The summed E-state index contributed by atoms with van der Waals surface area (Å²) in [5.74, 6) is -0.703. The van der Waals surface area contributed by atoms with Crippen LogP contribution in [0.25, 0.3) is 0 Å². The van der Waals surface area contributed by atoms with Crippen LogP contribution in [0, 0.1) is 0 Å². The van der Waals surface area contributed by atoms with Gasteiger partial charge in [0, 0.05) is 19.3 Å². The molecule has 29 heavy (non-hydrogen) atoms. The zero-order valence-corrected chi connectivity index (χ0v) is 16.9. The van der Waals surface area contributed by atoms with Gasteiger partial charge < -0.3 is 16.0 Å².